The number of carbonyl (C=O) groups excluding carboxylic acids is 1. The molecule has 11 unspecified atom stereocenters. The Labute approximate surface area is 390 Å². The Hall–Kier alpha value is -3.31. The molecular formula is C53H70O13. The highest BCUT2D eigenvalue weighted by molar-refractivity contribution is 5.89. The molecule has 22 atom stereocenters. The first kappa shape index (κ1) is 47.7. The van der Waals surface area contributed by atoms with Crippen LogP contribution in [0.4, 0.5) is 0 Å². The molecule has 0 saturated carbocycles. The topological polar surface area (TPSA) is 128 Å². The molecule has 0 spiro atoms. The molecule has 0 amide bonds. The van der Waals surface area contributed by atoms with Gasteiger partial charge in [0.1, 0.15) is 30.5 Å². The van der Waals surface area contributed by atoms with E-state index in [1.165, 1.54) is 0 Å². The van der Waals surface area contributed by atoms with Gasteiger partial charge in [-0.1, -0.05) is 127 Å². The van der Waals surface area contributed by atoms with Crippen LogP contribution in [0.1, 0.15) is 103 Å². The Balaban J connectivity index is 1.03. The average Bonchev–Trinajstić information content (AvgIpc) is 3.34. The molecule has 6 aliphatic rings. The molecule has 360 valence electrons. The summed E-state index contributed by atoms with van der Waals surface area (Å²) in [6.45, 7) is 19.6. The maximum absolute atomic E-state index is 13.6. The third-order valence-corrected chi connectivity index (χ3v) is 15.4. The van der Waals surface area contributed by atoms with Crippen LogP contribution in [0.5, 0.6) is 0 Å². The highest BCUT2D eigenvalue weighted by Gasteiger charge is 2.57. The van der Waals surface area contributed by atoms with Gasteiger partial charge in [0.25, 0.3) is 0 Å². The van der Waals surface area contributed by atoms with E-state index in [4.69, 9.17) is 56.8 Å². The fraction of sp³-hybridized carbons (Fsp3) is 0.642. The first-order valence-electron chi connectivity index (χ1n) is 24.4. The highest BCUT2D eigenvalue weighted by Crippen LogP contribution is 2.46. The van der Waals surface area contributed by atoms with Crippen LogP contribution in [0.15, 0.2) is 91.0 Å². The van der Waals surface area contributed by atoms with Crippen LogP contribution in [-0.2, 0) is 56.8 Å². The molecule has 0 aliphatic carbocycles. The summed E-state index contributed by atoms with van der Waals surface area (Å²) in [6, 6.07) is 28.8. The molecule has 9 rings (SSSR count). The first-order valence-corrected chi connectivity index (χ1v) is 24.4. The van der Waals surface area contributed by atoms with Gasteiger partial charge in [-0.05, 0) is 44.2 Å². The molecule has 6 heterocycles. The minimum absolute atomic E-state index is 0.0449. The number of rotatable bonds is 11. The van der Waals surface area contributed by atoms with Gasteiger partial charge in [-0.2, -0.15) is 0 Å². The largest absolute Gasteiger partial charge is 0.453 e. The summed E-state index contributed by atoms with van der Waals surface area (Å²) >= 11 is 0. The number of benzene rings is 3. The van der Waals surface area contributed by atoms with Gasteiger partial charge in [-0.25, -0.2) is 4.79 Å². The van der Waals surface area contributed by atoms with E-state index in [1.807, 2.05) is 99.6 Å². The molecule has 3 aromatic carbocycles. The third kappa shape index (κ3) is 9.78. The van der Waals surface area contributed by atoms with Crippen molar-refractivity contribution in [1.29, 1.82) is 0 Å². The zero-order chi connectivity index (χ0) is 46.2. The predicted octanol–water partition coefficient (Wildman–Crippen LogP) is 8.80. The van der Waals surface area contributed by atoms with Crippen molar-refractivity contribution in [3.05, 3.63) is 108 Å². The summed E-state index contributed by atoms with van der Waals surface area (Å²) in [5.74, 6) is -0.413. The zero-order valence-corrected chi connectivity index (χ0v) is 39.8. The SMILES string of the molecule is CCC1OC(OC2[C@H](O[C@@H]3C(C)[C@H](O[C@H]4C(C)C(C)OC(C)[C@H]4OC(=O)c4ccccc4)OC4COC(c5ccccc5)O[C@H]43)OC3COC(c4ccccc4)O[C@H]3[C@@H]2C)[C@H](C)[C@@H](C)[C@@H]1C. The quantitative estimate of drug-likeness (QED) is 0.170. The van der Waals surface area contributed by atoms with Gasteiger partial charge in [0.2, 0.25) is 0 Å². The minimum Gasteiger partial charge on any atom is -0.453 e. The van der Waals surface area contributed by atoms with Crippen molar-refractivity contribution in [2.75, 3.05) is 13.2 Å². The lowest BCUT2D eigenvalue weighted by Crippen LogP contribution is -2.65. The van der Waals surface area contributed by atoms with E-state index in [1.54, 1.807) is 12.1 Å². The molecule has 6 fully saturated rings. The van der Waals surface area contributed by atoms with Gasteiger partial charge in [0, 0.05) is 34.8 Å². The van der Waals surface area contributed by atoms with Gasteiger partial charge >= 0.3 is 5.97 Å². The monoisotopic (exact) mass is 914 g/mol. The summed E-state index contributed by atoms with van der Waals surface area (Å²) in [7, 11) is 0. The van der Waals surface area contributed by atoms with Crippen molar-refractivity contribution in [2.24, 2.45) is 35.5 Å². The average molecular weight is 915 g/mol. The van der Waals surface area contributed by atoms with E-state index >= 15 is 0 Å². The number of ether oxygens (including phenoxy) is 12. The minimum atomic E-state index is -0.887. The van der Waals surface area contributed by atoms with Gasteiger partial charge in [0.05, 0.1) is 49.3 Å². The van der Waals surface area contributed by atoms with E-state index in [2.05, 4.69) is 41.5 Å². The van der Waals surface area contributed by atoms with Gasteiger partial charge in [-0.3, -0.25) is 0 Å². The van der Waals surface area contributed by atoms with Crippen molar-refractivity contribution in [3.63, 3.8) is 0 Å². The van der Waals surface area contributed by atoms with Crippen LogP contribution in [0, 0.1) is 35.5 Å². The molecule has 6 saturated heterocycles. The van der Waals surface area contributed by atoms with Crippen molar-refractivity contribution < 1.29 is 61.6 Å². The molecule has 0 radical (unpaired) electrons. The lowest BCUT2D eigenvalue weighted by atomic mass is 9.78. The van der Waals surface area contributed by atoms with Crippen LogP contribution >= 0.6 is 0 Å². The number of carbonyl (C=O) groups is 1. The second-order valence-electron chi connectivity index (χ2n) is 19.6. The number of hydrogen-bond donors (Lipinski definition) is 0. The van der Waals surface area contributed by atoms with E-state index < -0.39 is 92.2 Å². The summed E-state index contributed by atoms with van der Waals surface area (Å²) in [5, 5.41) is 0. The molecule has 3 aromatic rings. The van der Waals surface area contributed by atoms with Crippen LogP contribution in [0.25, 0.3) is 0 Å². The van der Waals surface area contributed by atoms with Crippen molar-refractivity contribution in [3.8, 4) is 0 Å². The number of hydrogen-bond acceptors (Lipinski definition) is 13. The fourth-order valence-corrected chi connectivity index (χ4v) is 10.8. The predicted molar refractivity (Wildman–Crippen MR) is 242 cm³/mol. The Morgan fingerprint density at radius 2 is 1.02 bits per heavy atom. The fourth-order valence-electron chi connectivity index (χ4n) is 10.8. The Bertz CT molecular complexity index is 2010. The van der Waals surface area contributed by atoms with E-state index in [9.17, 15) is 4.79 Å². The molecule has 0 N–H and O–H groups in total. The van der Waals surface area contributed by atoms with E-state index in [-0.39, 0.29) is 42.7 Å². The highest BCUT2D eigenvalue weighted by atomic mass is 16.8. The van der Waals surface area contributed by atoms with Gasteiger partial charge in [-0.15, -0.1) is 0 Å². The smallest absolute Gasteiger partial charge is 0.338 e. The summed E-state index contributed by atoms with van der Waals surface area (Å²) in [4.78, 5) is 13.6. The van der Waals surface area contributed by atoms with Crippen molar-refractivity contribution >= 4 is 5.97 Å². The first-order chi connectivity index (χ1) is 31.9. The van der Waals surface area contributed by atoms with E-state index in [0.29, 0.717) is 24.0 Å². The normalized spacial score (nSPS) is 43.8. The maximum Gasteiger partial charge on any atom is 0.338 e. The van der Waals surface area contributed by atoms with Gasteiger partial charge in [0.15, 0.2) is 37.6 Å². The Morgan fingerprint density at radius 1 is 0.485 bits per heavy atom. The summed E-state index contributed by atoms with van der Waals surface area (Å²) in [5.41, 5.74) is 2.27. The van der Waals surface area contributed by atoms with Crippen molar-refractivity contribution in [2.45, 2.75) is 167 Å². The van der Waals surface area contributed by atoms with E-state index in [0.717, 1.165) is 17.5 Å². The molecule has 0 aromatic heterocycles. The van der Waals surface area contributed by atoms with Crippen molar-refractivity contribution in [1.82, 2.24) is 0 Å². The van der Waals surface area contributed by atoms with Crippen LogP contribution in [0.3, 0.4) is 0 Å². The standard InChI is InChI=1S/C53H70O13/c1-10-39-29(3)28(2)30(4)49(58-39)65-45-32(6)42-40(26-55-51(62-42)37-22-16-12-17-23-37)60-53(45)64-44-33(7)50(59-41-27-56-52(66-47(41)44)38-24-18-13-19-25-38)63-43-31(5)34(8)57-35(9)46(43)61-48(54)36-20-14-11-15-21-36/h11-25,28-35,39-47,49-53H,10,26-27H2,1-9H3/t28-,29-,30+,31?,32-,33?,34?,35?,39?,40?,41?,42-,43-,44+,45?,46+,47+,49?,50-,51?,52?,53-/m0/s1. The summed E-state index contributed by atoms with van der Waals surface area (Å²) in [6.07, 6.45) is -7.69. The zero-order valence-electron chi connectivity index (χ0n) is 39.8. The Morgan fingerprint density at radius 3 is 1.64 bits per heavy atom. The maximum atomic E-state index is 13.6. The molecule has 66 heavy (non-hydrogen) atoms. The van der Waals surface area contributed by atoms with Crippen LogP contribution in [-0.4, -0.2) is 105 Å². The molecule has 13 nitrogen and oxygen atoms in total. The molecule has 13 heteroatoms. The second-order valence-corrected chi connectivity index (χ2v) is 19.6. The summed E-state index contributed by atoms with van der Waals surface area (Å²) < 4.78 is 81.3. The molecular weight excluding hydrogens is 845 g/mol. The molecule has 0 bridgehead atoms. The molecule has 6 aliphatic heterocycles. The number of fused-ring (bicyclic) bond motifs is 2. The van der Waals surface area contributed by atoms with Crippen LogP contribution in [0.2, 0.25) is 0 Å². The Kier molecular flexibility index (Phi) is 15.0. The van der Waals surface area contributed by atoms with Crippen LogP contribution < -0.4 is 0 Å². The third-order valence-electron chi connectivity index (χ3n) is 15.4. The van der Waals surface area contributed by atoms with Gasteiger partial charge < -0.3 is 56.8 Å². The lowest BCUT2D eigenvalue weighted by molar-refractivity contribution is -0.412. The second kappa shape index (κ2) is 20.7. The number of esters is 1. The lowest BCUT2D eigenvalue weighted by Gasteiger charge is -2.54.